The molecule has 0 aliphatic carbocycles. The second-order valence-electron chi connectivity index (χ2n) is 4.47. The Bertz CT molecular complexity index is 701. The van der Waals surface area contributed by atoms with Crippen LogP contribution in [0.5, 0.6) is 0 Å². The van der Waals surface area contributed by atoms with Gasteiger partial charge in [-0.2, -0.15) is 0 Å². The van der Waals surface area contributed by atoms with E-state index in [0.29, 0.717) is 5.56 Å². The summed E-state index contributed by atoms with van der Waals surface area (Å²) < 4.78 is 13.0. The molecule has 0 aliphatic rings. The number of carboxylic acid groups (broad SMARTS) is 1. The first-order chi connectivity index (χ1) is 9.95. The topological polar surface area (TPSA) is 92.4 Å². The van der Waals surface area contributed by atoms with Crippen molar-refractivity contribution in [2.45, 2.75) is 6.42 Å². The molecule has 1 amide bonds. The molecule has 0 radical (unpaired) electrons. The summed E-state index contributed by atoms with van der Waals surface area (Å²) in [6.45, 7) is 0. The van der Waals surface area contributed by atoms with Crippen LogP contribution in [0.25, 0.3) is 0 Å². The fourth-order valence-corrected chi connectivity index (χ4v) is 1.87. The van der Waals surface area contributed by atoms with Crippen molar-refractivity contribution in [1.29, 1.82) is 0 Å². The predicted octanol–water partition coefficient (Wildman–Crippen LogP) is 2.29. The molecule has 0 aromatic heterocycles. The molecule has 2 rings (SSSR count). The highest BCUT2D eigenvalue weighted by Crippen LogP contribution is 2.19. The fourth-order valence-electron chi connectivity index (χ4n) is 1.87. The molecule has 2 aromatic rings. The van der Waals surface area contributed by atoms with Gasteiger partial charge < -0.3 is 16.2 Å². The van der Waals surface area contributed by atoms with Gasteiger partial charge in [0.05, 0.1) is 17.7 Å². The molecule has 0 spiro atoms. The molecule has 0 fully saturated rings. The zero-order valence-corrected chi connectivity index (χ0v) is 11.0. The average molecular weight is 288 g/mol. The van der Waals surface area contributed by atoms with Crippen molar-refractivity contribution in [1.82, 2.24) is 0 Å². The first-order valence-corrected chi connectivity index (χ1v) is 6.13. The summed E-state index contributed by atoms with van der Waals surface area (Å²) in [6.07, 6.45) is -0.0544. The van der Waals surface area contributed by atoms with Gasteiger partial charge in [-0.3, -0.25) is 4.79 Å². The Hall–Kier alpha value is -2.89. The highest BCUT2D eigenvalue weighted by atomic mass is 19.1. The Morgan fingerprint density at radius 3 is 2.62 bits per heavy atom. The number of anilines is 2. The quantitative estimate of drug-likeness (QED) is 0.752. The van der Waals surface area contributed by atoms with E-state index < -0.39 is 17.7 Å². The summed E-state index contributed by atoms with van der Waals surface area (Å²) >= 11 is 0. The van der Waals surface area contributed by atoms with Crippen LogP contribution >= 0.6 is 0 Å². The van der Waals surface area contributed by atoms with Gasteiger partial charge >= 0.3 is 5.97 Å². The van der Waals surface area contributed by atoms with Gasteiger partial charge in [0.1, 0.15) is 5.82 Å². The van der Waals surface area contributed by atoms with Gasteiger partial charge in [-0.15, -0.1) is 0 Å². The van der Waals surface area contributed by atoms with Crippen molar-refractivity contribution in [3.05, 3.63) is 59.4 Å². The number of hydrogen-bond donors (Lipinski definition) is 3. The first kappa shape index (κ1) is 14.5. The maximum absolute atomic E-state index is 13.0. The largest absolute Gasteiger partial charge is 0.478 e. The van der Waals surface area contributed by atoms with Crippen LogP contribution in [0.1, 0.15) is 15.9 Å². The van der Waals surface area contributed by atoms with Crippen LogP contribution in [0.4, 0.5) is 15.8 Å². The summed E-state index contributed by atoms with van der Waals surface area (Å²) in [6, 6.07) is 9.82. The van der Waals surface area contributed by atoms with E-state index in [1.54, 1.807) is 6.07 Å². The first-order valence-electron chi connectivity index (χ1n) is 6.13. The molecule has 4 N–H and O–H groups in total. The number of carboxylic acids is 1. The maximum Gasteiger partial charge on any atom is 0.337 e. The van der Waals surface area contributed by atoms with Gasteiger partial charge in [0, 0.05) is 5.69 Å². The van der Waals surface area contributed by atoms with Crippen molar-refractivity contribution in [3.8, 4) is 0 Å². The van der Waals surface area contributed by atoms with Crippen LogP contribution in [-0.4, -0.2) is 17.0 Å². The van der Waals surface area contributed by atoms with Gasteiger partial charge in [-0.05, 0) is 35.9 Å². The fraction of sp³-hybridized carbons (Fsp3) is 0.0667. The third-order valence-corrected chi connectivity index (χ3v) is 2.80. The molecule has 0 saturated heterocycles. The van der Waals surface area contributed by atoms with Gasteiger partial charge in [0.2, 0.25) is 5.91 Å². The van der Waals surface area contributed by atoms with Gasteiger partial charge in [-0.1, -0.05) is 12.1 Å². The highest BCUT2D eigenvalue weighted by molar-refractivity contribution is 6.01. The van der Waals surface area contributed by atoms with Crippen LogP contribution < -0.4 is 11.1 Å². The predicted molar refractivity (Wildman–Crippen MR) is 76.5 cm³/mol. The van der Waals surface area contributed by atoms with E-state index in [0.717, 1.165) is 0 Å². The number of nitrogen functional groups attached to an aromatic ring is 1. The molecule has 6 heteroatoms. The number of nitrogens with one attached hydrogen (secondary N) is 1. The molecule has 0 unspecified atom stereocenters. The van der Waals surface area contributed by atoms with Crippen LogP contribution in [0, 0.1) is 5.82 Å². The van der Waals surface area contributed by atoms with E-state index in [1.807, 2.05) is 0 Å². The lowest BCUT2D eigenvalue weighted by Gasteiger charge is -2.09. The molecule has 0 atom stereocenters. The lowest BCUT2D eigenvalue weighted by Crippen LogP contribution is -2.17. The number of benzene rings is 2. The summed E-state index contributed by atoms with van der Waals surface area (Å²) in [5.41, 5.74) is 6.36. The van der Waals surface area contributed by atoms with E-state index in [9.17, 15) is 14.0 Å². The van der Waals surface area contributed by atoms with Gasteiger partial charge in [-0.25, -0.2) is 9.18 Å². The van der Waals surface area contributed by atoms with Crippen LogP contribution in [0.3, 0.4) is 0 Å². The summed E-state index contributed by atoms with van der Waals surface area (Å²) in [5.74, 6) is -2.06. The molecule has 0 bridgehead atoms. The van der Waals surface area contributed by atoms with Crippen LogP contribution in [0.2, 0.25) is 0 Å². The number of carbonyl (C=O) groups is 2. The third kappa shape index (κ3) is 3.79. The Balaban J connectivity index is 2.15. The third-order valence-electron chi connectivity index (χ3n) is 2.80. The van der Waals surface area contributed by atoms with E-state index in [4.69, 9.17) is 10.8 Å². The molecule has 2 aromatic carbocycles. The molecular formula is C15H13FN2O3. The van der Waals surface area contributed by atoms with Gasteiger partial charge in [0.15, 0.2) is 0 Å². The number of nitrogens with two attached hydrogens (primary N) is 1. The molecular weight excluding hydrogens is 275 g/mol. The Labute approximate surface area is 120 Å². The van der Waals surface area contributed by atoms with E-state index in [2.05, 4.69) is 5.32 Å². The lowest BCUT2D eigenvalue weighted by atomic mass is 10.1. The number of hydrogen-bond acceptors (Lipinski definition) is 3. The molecule has 0 saturated carbocycles. The Kier molecular flexibility index (Phi) is 4.18. The average Bonchev–Trinajstić information content (AvgIpc) is 2.40. The SMILES string of the molecule is Nc1ccc(NC(=O)Cc2cccc(F)c2)c(C(=O)O)c1. The monoisotopic (exact) mass is 288 g/mol. The molecule has 0 heterocycles. The molecule has 108 valence electrons. The van der Waals surface area contributed by atoms with Crippen molar-refractivity contribution in [2.75, 3.05) is 11.1 Å². The maximum atomic E-state index is 13.0. The van der Waals surface area contributed by atoms with Crippen molar-refractivity contribution < 1.29 is 19.1 Å². The number of amides is 1. The van der Waals surface area contributed by atoms with E-state index >= 15 is 0 Å². The summed E-state index contributed by atoms with van der Waals surface area (Å²) in [4.78, 5) is 23.0. The number of aromatic carboxylic acids is 1. The minimum atomic E-state index is -1.19. The van der Waals surface area contributed by atoms with Gasteiger partial charge in [0.25, 0.3) is 0 Å². The van der Waals surface area contributed by atoms with E-state index in [1.165, 1.54) is 36.4 Å². The Morgan fingerprint density at radius 1 is 1.19 bits per heavy atom. The lowest BCUT2D eigenvalue weighted by molar-refractivity contribution is -0.115. The zero-order valence-electron chi connectivity index (χ0n) is 11.0. The summed E-state index contributed by atoms with van der Waals surface area (Å²) in [5, 5.41) is 11.6. The van der Waals surface area contributed by atoms with E-state index in [-0.39, 0.29) is 23.4 Å². The van der Waals surface area contributed by atoms with Crippen molar-refractivity contribution in [3.63, 3.8) is 0 Å². The highest BCUT2D eigenvalue weighted by Gasteiger charge is 2.13. The number of carbonyl (C=O) groups excluding carboxylic acids is 1. The zero-order chi connectivity index (χ0) is 15.4. The molecule has 21 heavy (non-hydrogen) atoms. The van der Waals surface area contributed by atoms with Crippen molar-refractivity contribution in [2.24, 2.45) is 0 Å². The second-order valence-corrected chi connectivity index (χ2v) is 4.47. The number of halogens is 1. The minimum Gasteiger partial charge on any atom is -0.478 e. The van der Waals surface area contributed by atoms with Crippen LogP contribution in [-0.2, 0) is 11.2 Å². The molecule has 5 nitrogen and oxygen atoms in total. The number of rotatable bonds is 4. The second kappa shape index (κ2) is 6.04. The van der Waals surface area contributed by atoms with Crippen molar-refractivity contribution >= 4 is 23.3 Å². The minimum absolute atomic E-state index is 0.0544. The smallest absolute Gasteiger partial charge is 0.337 e. The summed E-state index contributed by atoms with van der Waals surface area (Å²) in [7, 11) is 0. The Morgan fingerprint density at radius 2 is 1.95 bits per heavy atom. The normalized spacial score (nSPS) is 10.1. The van der Waals surface area contributed by atoms with Crippen LogP contribution in [0.15, 0.2) is 42.5 Å². The standard InChI is InChI=1S/C15H13FN2O3/c16-10-3-1-2-9(6-10)7-14(19)18-13-5-4-11(17)8-12(13)15(20)21/h1-6,8H,7,17H2,(H,18,19)(H,20,21). The molecule has 0 aliphatic heterocycles.